The molecule has 0 saturated carbocycles. The highest BCUT2D eigenvalue weighted by Crippen LogP contribution is 2.01. The third-order valence-corrected chi connectivity index (χ3v) is 2.17. The zero-order valence-corrected chi connectivity index (χ0v) is 7.34. The van der Waals surface area contributed by atoms with Gasteiger partial charge in [-0.25, -0.2) is 0 Å². The fourth-order valence-electron chi connectivity index (χ4n) is 1.25. The summed E-state index contributed by atoms with van der Waals surface area (Å²) in [6.45, 7) is 2.93. The van der Waals surface area contributed by atoms with Gasteiger partial charge in [-0.2, -0.15) is 0 Å². The summed E-state index contributed by atoms with van der Waals surface area (Å²) < 4.78 is 0. The summed E-state index contributed by atoms with van der Waals surface area (Å²) in [5, 5.41) is 0. The van der Waals surface area contributed by atoms with Crippen LogP contribution in [-0.2, 0) is 4.79 Å². The van der Waals surface area contributed by atoms with Crippen LogP contribution >= 0.6 is 0 Å². The quantitative estimate of drug-likeness (QED) is 0.499. The van der Waals surface area contributed by atoms with Gasteiger partial charge in [-0.05, 0) is 20.0 Å². The number of carbonyl (C=O) groups excluding carboxylic acids is 1. The molecule has 3 nitrogen and oxygen atoms in total. The lowest BCUT2D eigenvalue weighted by atomic mass is 10.2. The van der Waals surface area contributed by atoms with Crippen molar-refractivity contribution in [1.82, 2.24) is 9.80 Å². The van der Waals surface area contributed by atoms with Gasteiger partial charge in [0.1, 0.15) is 0 Å². The van der Waals surface area contributed by atoms with Gasteiger partial charge in [-0.15, -0.1) is 0 Å². The molecule has 1 amide bonds. The molecule has 1 saturated heterocycles. The molecular weight excluding hydrogens is 140 g/mol. The van der Waals surface area contributed by atoms with Crippen LogP contribution in [0.5, 0.6) is 0 Å². The molecule has 0 N–H and O–H groups in total. The summed E-state index contributed by atoms with van der Waals surface area (Å²) in [6.07, 6.45) is 1.71. The number of carbonyl (C=O) groups is 1. The van der Waals surface area contributed by atoms with Crippen LogP contribution < -0.4 is 0 Å². The van der Waals surface area contributed by atoms with E-state index in [9.17, 15) is 4.79 Å². The smallest absolute Gasteiger partial charge is 0.222 e. The van der Waals surface area contributed by atoms with Gasteiger partial charge in [0.25, 0.3) is 0 Å². The molecule has 0 aromatic carbocycles. The van der Waals surface area contributed by atoms with Crippen LogP contribution in [0.4, 0.5) is 0 Å². The van der Waals surface area contributed by atoms with E-state index in [2.05, 4.69) is 11.9 Å². The van der Waals surface area contributed by atoms with Crippen molar-refractivity contribution in [2.75, 3.05) is 33.7 Å². The first kappa shape index (κ1) is 8.53. The molecule has 1 heterocycles. The molecule has 0 spiro atoms. The van der Waals surface area contributed by atoms with Crippen molar-refractivity contribution in [3.05, 3.63) is 0 Å². The topological polar surface area (TPSA) is 23.6 Å². The zero-order chi connectivity index (χ0) is 8.27. The van der Waals surface area contributed by atoms with Gasteiger partial charge in [-0.3, -0.25) is 4.79 Å². The maximum absolute atomic E-state index is 11.2. The Hall–Kier alpha value is -0.570. The minimum absolute atomic E-state index is 0.290. The molecule has 1 aliphatic heterocycles. The summed E-state index contributed by atoms with van der Waals surface area (Å²) in [6, 6.07) is 0. The number of hydrogen-bond acceptors (Lipinski definition) is 2. The van der Waals surface area contributed by atoms with Crippen LogP contribution in [0.25, 0.3) is 0 Å². The second kappa shape index (κ2) is 3.72. The first-order valence-electron chi connectivity index (χ1n) is 4.12. The number of amides is 1. The van der Waals surface area contributed by atoms with Crippen LogP contribution in [0.3, 0.4) is 0 Å². The van der Waals surface area contributed by atoms with E-state index in [1.165, 1.54) is 0 Å². The van der Waals surface area contributed by atoms with E-state index < -0.39 is 0 Å². The highest BCUT2D eigenvalue weighted by Gasteiger charge is 2.12. The molecule has 64 valence electrons. The second-order valence-corrected chi connectivity index (χ2v) is 3.22. The Labute approximate surface area is 68.0 Å². The molecule has 0 atom stereocenters. The molecule has 0 aromatic rings. The third-order valence-electron chi connectivity index (χ3n) is 2.17. The van der Waals surface area contributed by atoms with Crippen molar-refractivity contribution in [1.29, 1.82) is 0 Å². The van der Waals surface area contributed by atoms with Crippen LogP contribution in [0.15, 0.2) is 0 Å². The van der Waals surface area contributed by atoms with Gasteiger partial charge in [0.05, 0.1) is 0 Å². The lowest BCUT2D eigenvalue weighted by Gasteiger charge is -2.25. The van der Waals surface area contributed by atoms with Gasteiger partial charge in [0, 0.05) is 26.6 Å². The monoisotopic (exact) mass is 156 g/mol. The Balaban J connectivity index is 2.41. The van der Waals surface area contributed by atoms with E-state index >= 15 is 0 Å². The molecule has 0 aliphatic carbocycles. The Bertz CT molecular complexity index is 147. The maximum Gasteiger partial charge on any atom is 0.222 e. The predicted octanol–water partition coefficient (Wildman–Crippen LogP) is 0.170. The highest BCUT2D eigenvalue weighted by atomic mass is 16.2. The lowest BCUT2D eigenvalue weighted by Crippen LogP contribution is -2.38. The molecule has 0 aromatic heterocycles. The van der Waals surface area contributed by atoms with Crippen LogP contribution in [0.1, 0.15) is 12.8 Å². The molecule has 1 fully saturated rings. The summed E-state index contributed by atoms with van der Waals surface area (Å²) in [5.41, 5.74) is 0. The number of hydrogen-bond donors (Lipinski definition) is 0. The third kappa shape index (κ3) is 2.50. The number of nitrogens with zero attached hydrogens (tertiary/aromatic N) is 2. The molecule has 0 bridgehead atoms. The minimum Gasteiger partial charge on any atom is -0.344 e. The largest absolute Gasteiger partial charge is 0.344 e. The summed E-state index contributed by atoms with van der Waals surface area (Å²) in [5.74, 6) is 0.290. The molecule has 0 unspecified atom stereocenters. The van der Waals surface area contributed by atoms with Gasteiger partial charge >= 0.3 is 0 Å². The normalized spacial score (nSPS) is 23.1. The second-order valence-electron chi connectivity index (χ2n) is 3.22. The fraction of sp³-hybridized carbons (Fsp3) is 0.875. The van der Waals surface area contributed by atoms with Crippen molar-refractivity contribution >= 4 is 5.91 Å². The van der Waals surface area contributed by atoms with Crippen LogP contribution in [-0.4, -0.2) is 49.4 Å². The van der Waals surface area contributed by atoms with Crippen molar-refractivity contribution in [3.8, 4) is 0 Å². The lowest BCUT2D eigenvalue weighted by molar-refractivity contribution is -0.130. The van der Waals surface area contributed by atoms with Gasteiger partial charge in [-0.1, -0.05) is 0 Å². The van der Waals surface area contributed by atoms with Gasteiger partial charge < -0.3 is 9.80 Å². The van der Waals surface area contributed by atoms with Crippen molar-refractivity contribution in [2.45, 2.75) is 12.8 Å². The predicted molar refractivity (Wildman–Crippen MR) is 44.4 cm³/mol. The van der Waals surface area contributed by atoms with Gasteiger partial charge in [0.2, 0.25) is 5.91 Å². The zero-order valence-electron chi connectivity index (χ0n) is 7.34. The van der Waals surface area contributed by atoms with Crippen molar-refractivity contribution in [2.24, 2.45) is 0 Å². The Kier molecular flexibility index (Phi) is 2.88. The van der Waals surface area contributed by atoms with Crippen LogP contribution in [0, 0.1) is 0 Å². The first-order chi connectivity index (χ1) is 5.20. The first-order valence-corrected chi connectivity index (χ1v) is 4.12. The molecule has 1 rings (SSSR count). The minimum atomic E-state index is 0.290. The summed E-state index contributed by atoms with van der Waals surface area (Å²) >= 11 is 0. The average Bonchev–Trinajstić information content (AvgIpc) is 1.98. The molecule has 11 heavy (non-hydrogen) atoms. The fourth-order valence-corrected chi connectivity index (χ4v) is 1.25. The van der Waals surface area contributed by atoms with E-state index in [0.717, 1.165) is 26.1 Å². The van der Waals surface area contributed by atoms with Crippen LogP contribution in [0.2, 0.25) is 0 Å². The van der Waals surface area contributed by atoms with E-state index in [-0.39, 0.29) is 5.91 Å². The molecular formula is C8H16N2O. The van der Waals surface area contributed by atoms with E-state index in [1.807, 2.05) is 11.9 Å². The highest BCUT2D eigenvalue weighted by molar-refractivity contribution is 5.75. The van der Waals surface area contributed by atoms with Crippen molar-refractivity contribution < 1.29 is 4.79 Å². The number of rotatable bonds is 0. The molecule has 1 aliphatic rings. The van der Waals surface area contributed by atoms with E-state index in [4.69, 9.17) is 0 Å². The summed E-state index contributed by atoms with van der Waals surface area (Å²) in [4.78, 5) is 15.3. The Morgan fingerprint density at radius 1 is 1.18 bits per heavy atom. The van der Waals surface area contributed by atoms with E-state index in [0.29, 0.717) is 6.42 Å². The Morgan fingerprint density at radius 2 is 1.91 bits per heavy atom. The summed E-state index contributed by atoms with van der Waals surface area (Å²) in [7, 11) is 3.98. The average molecular weight is 156 g/mol. The Morgan fingerprint density at radius 3 is 2.64 bits per heavy atom. The molecule has 0 radical (unpaired) electrons. The van der Waals surface area contributed by atoms with Crippen molar-refractivity contribution in [3.63, 3.8) is 0 Å². The molecule has 3 heteroatoms. The SMILES string of the molecule is CN1CCCC(=O)N(C)CC1. The standard InChI is InChI=1S/C8H16N2O/c1-9-5-3-4-8(11)10(2)7-6-9/h3-7H2,1-2H3. The van der Waals surface area contributed by atoms with E-state index in [1.54, 1.807) is 0 Å². The maximum atomic E-state index is 11.2. The van der Waals surface area contributed by atoms with Gasteiger partial charge in [0.15, 0.2) is 0 Å². The number of likely N-dealkylation sites (N-methyl/N-ethyl adjacent to an activating group) is 2.